The van der Waals surface area contributed by atoms with Gasteiger partial charge in [0.1, 0.15) is 12.1 Å². The average molecular weight is 743 g/mol. The fourth-order valence-electron chi connectivity index (χ4n) is 8.97. The Hall–Kier alpha value is -3.51. The summed E-state index contributed by atoms with van der Waals surface area (Å²) in [4.78, 5) is 95.9. The van der Waals surface area contributed by atoms with Crippen LogP contribution >= 0.6 is 0 Å². The molecule has 0 radical (unpaired) electrons. The van der Waals surface area contributed by atoms with Gasteiger partial charge in [-0.3, -0.25) is 33.7 Å². The molecule has 4 aliphatic rings. The first-order valence-electron chi connectivity index (χ1n) is 19.9. The van der Waals surface area contributed by atoms with Gasteiger partial charge in [-0.25, -0.2) is 4.79 Å². The number of Topliss-reactive ketones (excluding diaryl/α,β-unsaturated/α-hetero) is 1. The van der Waals surface area contributed by atoms with Crippen molar-refractivity contribution in [2.75, 3.05) is 13.1 Å². The van der Waals surface area contributed by atoms with Gasteiger partial charge in [0.25, 0.3) is 5.91 Å². The van der Waals surface area contributed by atoms with Crippen LogP contribution in [0.2, 0.25) is 0 Å². The lowest BCUT2D eigenvalue weighted by molar-refractivity contribution is -0.144. The van der Waals surface area contributed by atoms with Crippen molar-refractivity contribution in [2.24, 2.45) is 45.7 Å². The third kappa shape index (κ3) is 10.6. The van der Waals surface area contributed by atoms with E-state index in [1.54, 1.807) is 4.90 Å². The van der Waals surface area contributed by atoms with E-state index in [0.717, 1.165) is 69.1 Å². The lowest BCUT2D eigenvalue weighted by Gasteiger charge is -2.38. The second-order valence-corrected chi connectivity index (χ2v) is 19.4. The highest BCUT2D eigenvalue weighted by atomic mass is 16.2. The lowest BCUT2D eigenvalue weighted by atomic mass is 9.79. The van der Waals surface area contributed by atoms with Gasteiger partial charge in [0.15, 0.2) is 0 Å². The third-order valence-electron chi connectivity index (χ3n) is 12.5. The minimum atomic E-state index is -1.09. The van der Waals surface area contributed by atoms with Gasteiger partial charge in [-0.2, -0.15) is 0 Å². The summed E-state index contributed by atoms with van der Waals surface area (Å²) in [6.45, 7) is 16.1. The summed E-state index contributed by atoms with van der Waals surface area (Å²) in [5.41, 5.74) is 4.40. The Bertz CT molecular complexity index is 1390. The number of imide groups is 1. The van der Waals surface area contributed by atoms with E-state index in [2.05, 4.69) is 29.8 Å². The number of nitrogens with two attached hydrogens (primary N) is 1. The van der Waals surface area contributed by atoms with Gasteiger partial charge in [0.05, 0.1) is 12.1 Å². The van der Waals surface area contributed by atoms with Crippen LogP contribution in [0, 0.1) is 39.9 Å². The molecular weight excluding hydrogens is 676 g/mol. The van der Waals surface area contributed by atoms with E-state index in [1.165, 1.54) is 0 Å². The van der Waals surface area contributed by atoms with Crippen LogP contribution in [0.4, 0.5) is 4.79 Å². The van der Waals surface area contributed by atoms with Crippen LogP contribution in [0.25, 0.3) is 0 Å². The van der Waals surface area contributed by atoms with Gasteiger partial charge in [-0.1, -0.05) is 93.9 Å². The van der Waals surface area contributed by atoms with Gasteiger partial charge in [0.2, 0.25) is 29.9 Å². The van der Waals surface area contributed by atoms with Crippen molar-refractivity contribution < 1.29 is 33.6 Å². The highest BCUT2D eigenvalue weighted by Crippen LogP contribution is 2.53. The summed E-state index contributed by atoms with van der Waals surface area (Å²) in [5, 5.41) is 8.86. The first kappa shape index (κ1) is 42.2. The summed E-state index contributed by atoms with van der Waals surface area (Å²) >= 11 is 0. The summed E-state index contributed by atoms with van der Waals surface area (Å²) in [6.07, 6.45) is 9.80. The molecule has 1 heterocycles. The molecule has 7 amide bonds. The second-order valence-electron chi connectivity index (χ2n) is 19.4. The van der Waals surface area contributed by atoms with E-state index in [4.69, 9.17) is 5.73 Å². The number of likely N-dealkylation sites (tertiary alicyclic amines) is 1. The molecule has 298 valence electrons. The van der Waals surface area contributed by atoms with Crippen LogP contribution < -0.4 is 21.7 Å². The predicted octanol–water partition coefficient (Wildman–Crippen LogP) is 4.06. The number of rotatable bonds is 14. The molecular formula is C40H66N6O7. The molecule has 3 aliphatic carbocycles. The number of amides is 7. The number of nitrogens with zero attached hydrogens (tertiary/aromatic N) is 2. The number of urea groups is 1. The maximum Gasteiger partial charge on any atom is 0.315 e. The minimum Gasteiger partial charge on any atom is -0.363 e. The summed E-state index contributed by atoms with van der Waals surface area (Å²) in [7, 11) is 0. The zero-order valence-corrected chi connectivity index (χ0v) is 33.4. The fraction of sp³-hybridized carbons (Fsp3) is 0.825. The van der Waals surface area contributed by atoms with Crippen LogP contribution in [0.15, 0.2) is 0 Å². The van der Waals surface area contributed by atoms with Crippen molar-refractivity contribution in [2.45, 2.75) is 157 Å². The molecule has 0 bridgehead atoms. The molecule has 1 aliphatic heterocycles. The Morgan fingerprint density at radius 1 is 0.887 bits per heavy atom. The number of hydrogen-bond donors (Lipinski definition) is 4. The molecule has 0 spiro atoms. The number of nitrogens with one attached hydrogen (secondary N) is 3. The first-order chi connectivity index (χ1) is 24.6. The third-order valence-corrected chi connectivity index (χ3v) is 12.5. The highest BCUT2D eigenvalue weighted by Gasteiger charge is 2.57. The molecule has 0 aromatic carbocycles. The van der Waals surface area contributed by atoms with E-state index in [1.807, 2.05) is 41.5 Å². The van der Waals surface area contributed by atoms with Crippen LogP contribution in [0.1, 0.15) is 132 Å². The molecule has 13 nitrogen and oxygen atoms in total. The van der Waals surface area contributed by atoms with Crippen molar-refractivity contribution in [1.29, 1.82) is 0 Å². The quantitative estimate of drug-likeness (QED) is 0.153. The van der Waals surface area contributed by atoms with E-state index >= 15 is 0 Å². The van der Waals surface area contributed by atoms with Crippen molar-refractivity contribution in [1.82, 2.24) is 25.8 Å². The van der Waals surface area contributed by atoms with Gasteiger partial charge in [-0.15, -0.1) is 0 Å². The second kappa shape index (κ2) is 16.9. The van der Waals surface area contributed by atoms with Crippen LogP contribution in [-0.4, -0.2) is 88.9 Å². The van der Waals surface area contributed by atoms with Crippen molar-refractivity contribution in [3.05, 3.63) is 0 Å². The minimum absolute atomic E-state index is 0.0315. The number of fused-ring (bicyclic) bond motifs is 1. The van der Waals surface area contributed by atoms with Gasteiger partial charge in [-0.05, 0) is 72.0 Å². The van der Waals surface area contributed by atoms with E-state index in [9.17, 15) is 33.6 Å². The number of carbonyl (C=O) groups is 7. The molecule has 13 heteroatoms. The van der Waals surface area contributed by atoms with Gasteiger partial charge in [0, 0.05) is 19.5 Å². The molecule has 1 unspecified atom stereocenters. The highest BCUT2D eigenvalue weighted by molar-refractivity contribution is 6.37. The number of primary amides is 1. The molecule has 6 atom stereocenters. The lowest BCUT2D eigenvalue weighted by Crippen LogP contribution is -2.61. The summed E-state index contributed by atoms with van der Waals surface area (Å²) in [6, 6.07) is -4.05. The van der Waals surface area contributed by atoms with E-state index in [0.29, 0.717) is 19.4 Å². The molecule has 0 aromatic heterocycles. The van der Waals surface area contributed by atoms with E-state index in [-0.39, 0.29) is 59.3 Å². The van der Waals surface area contributed by atoms with Crippen LogP contribution in [0.5, 0.6) is 0 Å². The van der Waals surface area contributed by atoms with Crippen LogP contribution in [0.3, 0.4) is 0 Å². The van der Waals surface area contributed by atoms with Gasteiger partial charge < -0.3 is 26.6 Å². The Balaban J connectivity index is 1.60. The maximum absolute atomic E-state index is 14.9. The molecule has 0 aromatic rings. The Morgan fingerprint density at radius 2 is 1.53 bits per heavy atom. The average Bonchev–Trinajstić information content (AvgIpc) is 3.57. The number of ketones is 1. The van der Waals surface area contributed by atoms with E-state index < -0.39 is 53.2 Å². The Morgan fingerprint density at radius 3 is 2.06 bits per heavy atom. The van der Waals surface area contributed by atoms with Crippen molar-refractivity contribution in [3.8, 4) is 0 Å². The topological polar surface area (TPSA) is 188 Å². The smallest absolute Gasteiger partial charge is 0.315 e. The van der Waals surface area contributed by atoms with Gasteiger partial charge >= 0.3 is 6.03 Å². The van der Waals surface area contributed by atoms with Crippen molar-refractivity contribution in [3.63, 3.8) is 0 Å². The zero-order chi connectivity index (χ0) is 39.5. The first-order valence-corrected chi connectivity index (χ1v) is 19.9. The predicted molar refractivity (Wildman–Crippen MR) is 201 cm³/mol. The standard InChI is InChI=1S/C40H66N6O7/c1-38(2,3)20-30(48)45(23-47)22-29(39(4,5)6)43-37(53)44-31(25-15-10-9-11-16-25)36(52)46-21-27-26(17-18-40(27,7)8)32(46)35(51)42-28(33(49)34(41)50)19-24-13-12-14-24/h23-29,31-32H,9-22H2,1-8H3,(H2,41,50)(H,42,51)(H2,43,44,53)/t26-,27-,28?,29+,31-,32-/m0/s1. The fourth-order valence-corrected chi connectivity index (χ4v) is 8.97. The Labute approximate surface area is 316 Å². The maximum atomic E-state index is 14.9. The number of carbonyl (C=O) groups excluding carboxylic acids is 7. The molecule has 5 N–H and O–H groups in total. The normalized spacial score (nSPS) is 24.9. The summed E-state index contributed by atoms with van der Waals surface area (Å²) in [5.74, 6) is -3.11. The molecule has 4 rings (SSSR count). The molecule has 3 saturated carbocycles. The monoisotopic (exact) mass is 742 g/mol. The molecule has 53 heavy (non-hydrogen) atoms. The largest absolute Gasteiger partial charge is 0.363 e. The summed E-state index contributed by atoms with van der Waals surface area (Å²) < 4.78 is 0. The molecule has 1 saturated heterocycles. The number of hydrogen-bond acceptors (Lipinski definition) is 7. The van der Waals surface area contributed by atoms with Crippen LogP contribution in [-0.2, 0) is 28.8 Å². The SMILES string of the molecule is CC(C)(C)CC(=O)N(C=O)C[C@@H](NC(=O)N[C@H](C(=O)N1C[C@H]2[C@H](CCC2(C)C)[C@H]1C(=O)NC(CC1CCC1)C(=O)C(N)=O)C1CCCCC1)C(C)(C)C. The Kier molecular flexibility index (Phi) is 13.5. The molecule has 4 fully saturated rings. The zero-order valence-electron chi connectivity index (χ0n) is 33.4. The van der Waals surface area contributed by atoms with Crippen molar-refractivity contribution >= 4 is 41.9 Å².